The average Bonchev–Trinajstić information content (AvgIpc) is 2.33. The Morgan fingerprint density at radius 1 is 1.05 bits per heavy atom. The number of nitrogen functional groups attached to an aromatic ring is 1. The van der Waals surface area contributed by atoms with Gasteiger partial charge in [-0.05, 0) is 102 Å². The molecule has 1 aromatic rings. The molecule has 1 aromatic carbocycles. The molecule has 0 aliphatic heterocycles. The molecule has 0 atom stereocenters. The van der Waals surface area contributed by atoms with E-state index in [0.29, 0.717) is 5.41 Å². The van der Waals surface area contributed by atoms with Crippen molar-refractivity contribution in [3.63, 3.8) is 0 Å². The Balaban J connectivity index is 1.79. The van der Waals surface area contributed by atoms with Crippen molar-refractivity contribution >= 4 is 21.6 Å². The van der Waals surface area contributed by atoms with Crippen LogP contribution < -0.4 is 5.73 Å². The molecular formula is C17H22BrN. The first-order chi connectivity index (χ1) is 9.06. The second-order valence-electron chi connectivity index (χ2n) is 7.39. The van der Waals surface area contributed by atoms with Crippen molar-refractivity contribution in [3.8, 4) is 0 Å². The maximum atomic E-state index is 6.10. The molecule has 4 saturated carbocycles. The van der Waals surface area contributed by atoms with E-state index in [1.54, 1.807) is 5.56 Å². The fourth-order valence-corrected chi connectivity index (χ4v) is 6.09. The van der Waals surface area contributed by atoms with Gasteiger partial charge in [-0.15, -0.1) is 0 Å². The van der Waals surface area contributed by atoms with Gasteiger partial charge >= 0.3 is 0 Å². The number of hydrogen-bond donors (Lipinski definition) is 1. The van der Waals surface area contributed by atoms with Gasteiger partial charge in [-0.25, -0.2) is 0 Å². The first-order valence-corrected chi connectivity index (χ1v) is 8.41. The number of aryl methyl sites for hydroxylation is 1. The highest BCUT2D eigenvalue weighted by molar-refractivity contribution is 9.10. The average molecular weight is 320 g/mol. The molecule has 0 spiro atoms. The molecule has 0 aromatic heterocycles. The molecule has 102 valence electrons. The monoisotopic (exact) mass is 319 g/mol. The van der Waals surface area contributed by atoms with Crippen LogP contribution in [0.4, 0.5) is 5.69 Å². The maximum absolute atomic E-state index is 6.10. The second-order valence-corrected chi connectivity index (χ2v) is 8.24. The summed E-state index contributed by atoms with van der Waals surface area (Å²) in [5, 5.41) is 0. The van der Waals surface area contributed by atoms with E-state index in [4.69, 9.17) is 5.73 Å². The number of nitrogens with two attached hydrogens (primary N) is 1. The summed E-state index contributed by atoms with van der Waals surface area (Å²) in [5.74, 6) is 3.01. The molecule has 0 radical (unpaired) electrons. The Kier molecular flexibility index (Phi) is 2.58. The molecule has 2 N–H and O–H groups in total. The number of rotatable bonds is 1. The molecule has 4 bridgehead atoms. The van der Waals surface area contributed by atoms with Crippen molar-refractivity contribution in [2.45, 2.75) is 50.9 Å². The fraction of sp³-hybridized carbons (Fsp3) is 0.647. The summed E-state index contributed by atoms with van der Waals surface area (Å²) in [6.07, 6.45) is 8.80. The van der Waals surface area contributed by atoms with Crippen molar-refractivity contribution in [2.75, 3.05) is 5.73 Å². The molecule has 19 heavy (non-hydrogen) atoms. The van der Waals surface area contributed by atoms with Crippen LogP contribution in [0.1, 0.15) is 49.7 Å². The van der Waals surface area contributed by atoms with Gasteiger partial charge in [-0.2, -0.15) is 0 Å². The van der Waals surface area contributed by atoms with Crippen molar-refractivity contribution in [2.24, 2.45) is 17.8 Å². The molecule has 4 fully saturated rings. The van der Waals surface area contributed by atoms with E-state index >= 15 is 0 Å². The highest BCUT2D eigenvalue weighted by Crippen LogP contribution is 2.61. The Labute approximate surface area is 124 Å². The van der Waals surface area contributed by atoms with Crippen LogP contribution in [0, 0.1) is 24.7 Å². The van der Waals surface area contributed by atoms with E-state index < -0.39 is 0 Å². The minimum Gasteiger partial charge on any atom is -0.398 e. The molecule has 5 rings (SSSR count). The fourth-order valence-electron chi connectivity index (χ4n) is 5.53. The third-order valence-electron chi connectivity index (χ3n) is 5.99. The largest absolute Gasteiger partial charge is 0.398 e. The lowest BCUT2D eigenvalue weighted by Gasteiger charge is -2.57. The number of benzene rings is 1. The molecule has 0 amide bonds. The minimum absolute atomic E-state index is 0.482. The van der Waals surface area contributed by atoms with Crippen LogP contribution in [-0.2, 0) is 5.41 Å². The van der Waals surface area contributed by atoms with E-state index in [9.17, 15) is 0 Å². The zero-order valence-electron chi connectivity index (χ0n) is 11.6. The van der Waals surface area contributed by atoms with E-state index in [1.807, 2.05) is 0 Å². The molecule has 0 unspecified atom stereocenters. The van der Waals surface area contributed by atoms with Crippen molar-refractivity contribution in [1.82, 2.24) is 0 Å². The minimum atomic E-state index is 0.482. The van der Waals surface area contributed by atoms with Crippen LogP contribution in [-0.4, -0.2) is 0 Å². The van der Waals surface area contributed by atoms with Gasteiger partial charge in [0.15, 0.2) is 0 Å². The molecule has 4 aliphatic carbocycles. The molecule has 0 heterocycles. The summed E-state index contributed by atoms with van der Waals surface area (Å²) in [6.45, 7) is 2.14. The quantitative estimate of drug-likeness (QED) is 0.739. The Morgan fingerprint density at radius 2 is 1.58 bits per heavy atom. The van der Waals surface area contributed by atoms with E-state index in [2.05, 4.69) is 35.0 Å². The smallest absolute Gasteiger partial charge is 0.0488 e. The number of halogens is 1. The van der Waals surface area contributed by atoms with E-state index in [1.165, 1.54) is 44.1 Å². The van der Waals surface area contributed by atoms with Gasteiger partial charge in [-0.3, -0.25) is 0 Å². The standard InChI is InChI=1S/C17H22BrN/c1-10-2-14(6-15(18)16(10)19)17-7-11-3-12(8-17)5-13(4-11)9-17/h2,6,11-13H,3-5,7-9,19H2,1H3. The first kappa shape index (κ1) is 12.3. The van der Waals surface area contributed by atoms with Crippen molar-refractivity contribution in [3.05, 3.63) is 27.7 Å². The van der Waals surface area contributed by atoms with Gasteiger partial charge < -0.3 is 5.73 Å². The summed E-state index contributed by atoms with van der Waals surface area (Å²) in [7, 11) is 0. The normalized spacial score (nSPS) is 39.8. The Hall–Kier alpha value is -0.500. The summed E-state index contributed by atoms with van der Waals surface area (Å²) in [6, 6.07) is 4.68. The van der Waals surface area contributed by atoms with Crippen LogP contribution in [0.25, 0.3) is 0 Å². The molecule has 4 aliphatic rings. The first-order valence-electron chi connectivity index (χ1n) is 7.62. The maximum Gasteiger partial charge on any atom is 0.0488 e. The lowest BCUT2D eigenvalue weighted by atomic mass is 9.48. The topological polar surface area (TPSA) is 26.0 Å². The third kappa shape index (κ3) is 1.79. The van der Waals surface area contributed by atoms with Crippen LogP contribution in [0.15, 0.2) is 16.6 Å². The van der Waals surface area contributed by atoms with Gasteiger partial charge in [0, 0.05) is 10.2 Å². The summed E-state index contributed by atoms with van der Waals surface area (Å²) in [5.41, 5.74) is 10.3. The Morgan fingerprint density at radius 3 is 2.05 bits per heavy atom. The van der Waals surface area contributed by atoms with Gasteiger partial charge in [0.05, 0.1) is 0 Å². The zero-order valence-corrected chi connectivity index (χ0v) is 13.2. The van der Waals surface area contributed by atoms with Crippen LogP contribution in [0.5, 0.6) is 0 Å². The van der Waals surface area contributed by atoms with Crippen molar-refractivity contribution in [1.29, 1.82) is 0 Å². The summed E-state index contributed by atoms with van der Waals surface area (Å²) in [4.78, 5) is 0. The van der Waals surface area contributed by atoms with Gasteiger partial charge in [0.25, 0.3) is 0 Å². The van der Waals surface area contributed by atoms with Gasteiger partial charge in [0.1, 0.15) is 0 Å². The predicted molar refractivity (Wildman–Crippen MR) is 83.1 cm³/mol. The number of anilines is 1. The molecule has 1 nitrogen and oxygen atoms in total. The summed E-state index contributed by atoms with van der Waals surface area (Å²) >= 11 is 3.65. The summed E-state index contributed by atoms with van der Waals surface area (Å²) < 4.78 is 1.10. The highest BCUT2D eigenvalue weighted by atomic mass is 79.9. The van der Waals surface area contributed by atoms with Crippen LogP contribution >= 0.6 is 15.9 Å². The zero-order chi connectivity index (χ0) is 13.2. The second kappa shape index (κ2) is 4.00. The predicted octanol–water partition coefficient (Wildman–Crippen LogP) is 4.81. The molecular weight excluding hydrogens is 298 g/mol. The number of hydrogen-bond acceptors (Lipinski definition) is 1. The van der Waals surface area contributed by atoms with Gasteiger partial charge in [-0.1, -0.05) is 6.07 Å². The molecule has 0 saturated heterocycles. The highest BCUT2D eigenvalue weighted by Gasteiger charge is 2.51. The molecule has 2 heteroatoms. The van der Waals surface area contributed by atoms with E-state index in [-0.39, 0.29) is 0 Å². The lowest BCUT2D eigenvalue weighted by Crippen LogP contribution is -2.48. The van der Waals surface area contributed by atoms with Crippen molar-refractivity contribution < 1.29 is 0 Å². The Bertz CT molecular complexity index is 476. The lowest BCUT2D eigenvalue weighted by molar-refractivity contribution is -0.00522. The SMILES string of the molecule is Cc1cc(C23CC4CC(CC(C4)C2)C3)cc(Br)c1N. The van der Waals surface area contributed by atoms with E-state index in [0.717, 1.165) is 27.9 Å². The third-order valence-corrected chi connectivity index (χ3v) is 6.64. The van der Waals surface area contributed by atoms with Crippen LogP contribution in [0.3, 0.4) is 0 Å². The van der Waals surface area contributed by atoms with Crippen LogP contribution in [0.2, 0.25) is 0 Å². The van der Waals surface area contributed by atoms with Gasteiger partial charge in [0.2, 0.25) is 0 Å².